The Hall–Kier alpha value is -2.50. The van der Waals surface area contributed by atoms with Gasteiger partial charge in [0.1, 0.15) is 11.6 Å². The molecule has 7 heteroatoms. The summed E-state index contributed by atoms with van der Waals surface area (Å²) in [4.78, 5) is 12.3. The van der Waals surface area contributed by atoms with E-state index in [4.69, 9.17) is 27.9 Å². The number of nitrogens with zero attached hydrogens (tertiary/aromatic N) is 2. The Kier molecular flexibility index (Phi) is 6.04. The Morgan fingerprint density at radius 1 is 1.19 bits per heavy atom. The number of rotatable bonds is 6. The molecule has 0 radical (unpaired) electrons. The van der Waals surface area contributed by atoms with Crippen molar-refractivity contribution in [2.45, 2.75) is 20.4 Å². The molecule has 0 unspecified atom stereocenters. The molecule has 0 saturated heterocycles. The Morgan fingerprint density at radius 2 is 2.00 bits per heavy atom. The number of amides is 1. The molecule has 0 fully saturated rings. The summed E-state index contributed by atoms with van der Waals surface area (Å²) < 4.78 is 7.26. The molecule has 5 nitrogen and oxygen atoms in total. The molecule has 1 amide bonds. The first kappa shape index (κ1) is 19.3. The fourth-order valence-corrected chi connectivity index (χ4v) is 3.06. The van der Waals surface area contributed by atoms with Crippen LogP contribution in [0.4, 0.5) is 5.82 Å². The minimum atomic E-state index is -0.270. The quantitative estimate of drug-likeness (QED) is 0.638. The second-order valence-electron chi connectivity index (χ2n) is 6.19. The van der Waals surface area contributed by atoms with Crippen molar-refractivity contribution in [3.8, 4) is 5.75 Å². The number of carbonyl (C=O) groups is 1. The summed E-state index contributed by atoms with van der Waals surface area (Å²) in [5, 5.41) is 8.00. The minimum Gasteiger partial charge on any atom is -0.483 e. The topological polar surface area (TPSA) is 56.1 Å². The SMILES string of the molecule is Cc1ccc(OCC(=O)Nc2ccnn2Cc2cccc(Cl)c2Cl)c(C)c1. The fraction of sp³-hybridized carbons (Fsp3) is 0.200. The molecule has 1 heterocycles. The van der Waals surface area contributed by atoms with Crippen molar-refractivity contribution in [1.82, 2.24) is 9.78 Å². The van der Waals surface area contributed by atoms with E-state index in [1.165, 1.54) is 0 Å². The van der Waals surface area contributed by atoms with Crippen molar-refractivity contribution in [3.63, 3.8) is 0 Å². The lowest BCUT2D eigenvalue weighted by atomic mass is 10.1. The second-order valence-corrected chi connectivity index (χ2v) is 6.98. The van der Waals surface area contributed by atoms with Crippen molar-refractivity contribution in [2.24, 2.45) is 0 Å². The predicted molar refractivity (Wildman–Crippen MR) is 108 cm³/mol. The summed E-state index contributed by atoms with van der Waals surface area (Å²) in [7, 11) is 0. The average Bonchev–Trinajstić information content (AvgIpc) is 3.05. The number of anilines is 1. The Morgan fingerprint density at radius 3 is 2.78 bits per heavy atom. The van der Waals surface area contributed by atoms with E-state index in [-0.39, 0.29) is 12.5 Å². The second kappa shape index (κ2) is 8.46. The largest absolute Gasteiger partial charge is 0.483 e. The molecule has 0 aliphatic heterocycles. The van der Waals surface area contributed by atoms with E-state index in [1.54, 1.807) is 23.0 Å². The molecule has 0 aliphatic rings. The highest BCUT2D eigenvalue weighted by Crippen LogP contribution is 2.26. The lowest BCUT2D eigenvalue weighted by Crippen LogP contribution is -2.22. The Bertz CT molecular complexity index is 970. The standard InChI is InChI=1S/C20H19Cl2N3O2/c1-13-6-7-17(14(2)10-13)27-12-19(26)24-18-8-9-23-25(18)11-15-4-3-5-16(21)20(15)22/h3-10H,11-12H2,1-2H3,(H,24,26). The number of carbonyl (C=O) groups excluding carboxylic acids is 1. The van der Waals surface area contributed by atoms with Crippen LogP contribution in [0.25, 0.3) is 0 Å². The maximum absolute atomic E-state index is 12.3. The third-order valence-corrected chi connectivity index (χ3v) is 4.88. The molecule has 0 atom stereocenters. The highest BCUT2D eigenvalue weighted by Gasteiger charge is 2.11. The van der Waals surface area contributed by atoms with Gasteiger partial charge in [-0.25, -0.2) is 4.68 Å². The molecular formula is C20H19Cl2N3O2. The first-order valence-corrected chi connectivity index (χ1v) is 9.14. The van der Waals surface area contributed by atoms with Gasteiger partial charge in [-0.2, -0.15) is 5.10 Å². The van der Waals surface area contributed by atoms with Crippen LogP contribution >= 0.6 is 23.2 Å². The van der Waals surface area contributed by atoms with Crippen LogP contribution in [0.2, 0.25) is 10.0 Å². The van der Waals surface area contributed by atoms with Gasteiger partial charge in [0.15, 0.2) is 6.61 Å². The predicted octanol–water partition coefficient (Wildman–Crippen LogP) is 4.87. The molecule has 2 aromatic carbocycles. The summed E-state index contributed by atoms with van der Waals surface area (Å²) in [6.07, 6.45) is 1.61. The molecule has 140 valence electrons. The molecule has 3 rings (SSSR count). The summed E-state index contributed by atoms with van der Waals surface area (Å²) in [5.74, 6) is 0.976. The van der Waals surface area contributed by atoms with Gasteiger partial charge in [-0.05, 0) is 37.1 Å². The van der Waals surface area contributed by atoms with Crippen LogP contribution < -0.4 is 10.1 Å². The average molecular weight is 404 g/mol. The van der Waals surface area contributed by atoms with Gasteiger partial charge in [0.05, 0.1) is 22.8 Å². The zero-order valence-corrected chi connectivity index (χ0v) is 16.5. The number of nitrogens with one attached hydrogen (secondary N) is 1. The monoisotopic (exact) mass is 403 g/mol. The van der Waals surface area contributed by atoms with Crippen LogP contribution in [0, 0.1) is 13.8 Å². The van der Waals surface area contributed by atoms with Crippen molar-refractivity contribution in [2.75, 3.05) is 11.9 Å². The number of hydrogen-bond donors (Lipinski definition) is 1. The molecule has 0 bridgehead atoms. The lowest BCUT2D eigenvalue weighted by Gasteiger charge is -2.12. The van der Waals surface area contributed by atoms with Gasteiger partial charge in [0.25, 0.3) is 5.91 Å². The van der Waals surface area contributed by atoms with Crippen molar-refractivity contribution in [1.29, 1.82) is 0 Å². The van der Waals surface area contributed by atoms with Crippen LogP contribution in [0.1, 0.15) is 16.7 Å². The van der Waals surface area contributed by atoms with Gasteiger partial charge in [-0.15, -0.1) is 0 Å². The van der Waals surface area contributed by atoms with Gasteiger partial charge in [0, 0.05) is 6.07 Å². The smallest absolute Gasteiger partial charge is 0.263 e. The van der Waals surface area contributed by atoms with E-state index in [9.17, 15) is 4.79 Å². The van der Waals surface area contributed by atoms with Gasteiger partial charge in [-0.3, -0.25) is 4.79 Å². The van der Waals surface area contributed by atoms with Crippen molar-refractivity contribution < 1.29 is 9.53 Å². The number of ether oxygens (including phenoxy) is 1. The summed E-state index contributed by atoms with van der Waals surface area (Å²) in [6.45, 7) is 4.26. The first-order chi connectivity index (χ1) is 12.9. The third-order valence-electron chi connectivity index (χ3n) is 4.02. The van der Waals surface area contributed by atoms with E-state index in [0.29, 0.717) is 28.2 Å². The van der Waals surface area contributed by atoms with E-state index in [2.05, 4.69) is 10.4 Å². The molecule has 0 spiro atoms. The maximum atomic E-state index is 12.3. The highest BCUT2D eigenvalue weighted by molar-refractivity contribution is 6.42. The molecule has 0 aliphatic carbocycles. The van der Waals surface area contributed by atoms with Crippen LogP contribution in [0.3, 0.4) is 0 Å². The maximum Gasteiger partial charge on any atom is 0.263 e. The van der Waals surface area contributed by atoms with Gasteiger partial charge in [0.2, 0.25) is 0 Å². The van der Waals surface area contributed by atoms with Crippen LogP contribution in [0.5, 0.6) is 5.75 Å². The fourth-order valence-electron chi connectivity index (χ4n) is 2.68. The first-order valence-electron chi connectivity index (χ1n) is 8.38. The molecular weight excluding hydrogens is 385 g/mol. The molecule has 1 aromatic heterocycles. The normalized spacial score (nSPS) is 10.7. The Balaban J connectivity index is 1.64. The van der Waals surface area contributed by atoms with E-state index < -0.39 is 0 Å². The van der Waals surface area contributed by atoms with E-state index in [1.807, 2.05) is 44.2 Å². The van der Waals surface area contributed by atoms with Crippen LogP contribution in [-0.2, 0) is 11.3 Å². The molecule has 0 saturated carbocycles. The zero-order valence-electron chi connectivity index (χ0n) is 15.0. The zero-order chi connectivity index (χ0) is 19.4. The summed E-state index contributed by atoms with van der Waals surface area (Å²) in [5.41, 5.74) is 2.95. The van der Waals surface area contributed by atoms with E-state index in [0.717, 1.165) is 16.7 Å². The number of hydrogen-bond acceptors (Lipinski definition) is 3. The summed E-state index contributed by atoms with van der Waals surface area (Å²) in [6, 6.07) is 13.0. The van der Waals surface area contributed by atoms with Crippen molar-refractivity contribution in [3.05, 3.63) is 75.4 Å². The number of benzene rings is 2. The van der Waals surface area contributed by atoms with Gasteiger partial charge < -0.3 is 10.1 Å². The lowest BCUT2D eigenvalue weighted by molar-refractivity contribution is -0.118. The molecule has 27 heavy (non-hydrogen) atoms. The number of aromatic nitrogens is 2. The van der Waals surface area contributed by atoms with E-state index >= 15 is 0 Å². The van der Waals surface area contributed by atoms with Crippen LogP contribution in [-0.4, -0.2) is 22.3 Å². The van der Waals surface area contributed by atoms with Crippen LogP contribution in [0.15, 0.2) is 48.7 Å². The Labute approximate surface area is 167 Å². The highest BCUT2D eigenvalue weighted by atomic mass is 35.5. The molecule has 1 N–H and O–H groups in total. The number of aryl methyl sites for hydroxylation is 2. The third kappa shape index (κ3) is 4.81. The minimum absolute atomic E-state index is 0.0903. The van der Waals surface area contributed by atoms with Gasteiger partial charge >= 0.3 is 0 Å². The molecule has 3 aromatic rings. The van der Waals surface area contributed by atoms with Crippen molar-refractivity contribution >= 4 is 34.9 Å². The number of halogens is 2. The van der Waals surface area contributed by atoms with Gasteiger partial charge in [-0.1, -0.05) is 53.0 Å². The summed E-state index contributed by atoms with van der Waals surface area (Å²) >= 11 is 12.3.